The summed E-state index contributed by atoms with van der Waals surface area (Å²) in [6.45, 7) is 5.95. The van der Waals surface area contributed by atoms with Gasteiger partial charge in [-0.3, -0.25) is 4.79 Å². The van der Waals surface area contributed by atoms with E-state index in [1.54, 1.807) is 0 Å². The summed E-state index contributed by atoms with van der Waals surface area (Å²) in [5.74, 6) is 1.94. The van der Waals surface area contributed by atoms with Crippen LogP contribution in [0, 0.1) is 6.92 Å². The SMILES string of the molecule is Cc1ccccc1C(=O)NCCC(C)c1ccc2c(c1)OCCO2. The Hall–Kier alpha value is -2.49. The first-order chi connectivity index (χ1) is 11.6. The largest absolute Gasteiger partial charge is 0.486 e. The van der Waals surface area contributed by atoms with E-state index in [2.05, 4.69) is 18.3 Å². The zero-order chi connectivity index (χ0) is 16.9. The zero-order valence-corrected chi connectivity index (χ0v) is 14.2. The molecule has 0 aliphatic carbocycles. The summed E-state index contributed by atoms with van der Waals surface area (Å²) in [4.78, 5) is 12.2. The van der Waals surface area contributed by atoms with E-state index in [9.17, 15) is 4.79 Å². The second-order valence-electron chi connectivity index (χ2n) is 6.16. The lowest BCUT2D eigenvalue weighted by atomic mass is 9.97. The third kappa shape index (κ3) is 3.70. The minimum atomic E-state index is -0.0116. The van der Waals surface area contributed by atoms with Crippen LogP contribution < -0.4 is 14.8 Å². The summed E-state index contributed by atoms with van der Waals surface area (Å²) in [5, 5.41) is 3.01. The Morgan fingerprint density at radius 1 is 1.12 bits per heavy atom. The standard InChI is InChI=1S/C20H23NO3/c1-14(16-7-8-18-19(13-16)24-12-11-23-18)9-10-21-20(22)17-6-4-3-5-15(17)2/h3-8,13-14H,9-12H2,1-2H3,(H,21,22). The van der Waals surface area contributed by atoms with Crippen molar-refractivity contribution < 1.29 is 14.3 Å². The number of carbonyl (C=O) groups excluding carboxylic acids is 1. The van der Waals surface area contributed by atoms with Crippen LogP contribution >= 0.6 is 0 Å². The van der Waals surface area contributed by atoms with E-state index in [4.69, 9.17) is 9.47 Å². The number of hydrogen-bond acceptors (Lipinski definition) is 3. The van der Waals surface area contributed by atoms with E-state index in [1.165, 1.54) is 5.56 Å². The molecule has 2 aromatic carbocycles. The molecule has 1 N–H and O–H groups in total. The minimum Gasteiger partial charge on any atom is -0.486 e. The smallest absolute Gasteiger partial charge is 0.251 e. The molecule has 0 bridgehead atoms. The first kappa shape index (κ1) is 16.4. The van der Waals surface area contributed by atoms with Gasteiger partial charge in [0, 0.05) is 12.1 Å². The van der Waals surface area contributed by atoms with E-state index < -0.39 is 0 Å². The average Bonchev–Trinajstić information content (AvgIpc) is 2.61. The van der Waals surface area contributed by atoms with E-state index >= 15 is 0 Å². The van der Waals surface area contributed by atoms with E-state index in [1.807, 2.05) is 43.3 Å². The maximum Gasteiger partial charge on any atom is 0.251 e. The molecule has 1 aliphatic rings. The molecule has 1 amide bonds. The fourth-order valence-corrected chi connectivity index (χ4v) is 2.86. The number of nitrogens with one attached hydrogen (secondary N) is 1. The highest BCUT2D eigenvalue weighted by Gasteiger charge is 2.15. The molecule has 4 heteroatoms. The molecule has 1 atom stereocenters. The van der Waals surface area contributed by atoms with Crippen molar-refractivity contribution >= 4 is 5.91 Å². The van der Waals surface area contributed by atoms with Crippen molar-refractivity contribution in [2.24, 2.45) is 0 Å². The molecule has 3 rings (SSSR count). The van der Waals surface area contributed by atoms with Crippen LogP contribution in [-0.2, 0) is 0 Å². The van der Waals surface area contributed by atoms with Gasteiger partial charge in [-0.25, -0.2) is 0 Å². The van der Waals surface area contributed by atoms with Crippen molar-refractivity contribution in [1.82, 2.24) is 5.32 Å². The molecule has 0 aromatic heterocycles. The van der Waals surface area contributed by atoms with Gasteiger partial charge < -0.3 is 14.8 Å². The van der Waals surface area contributed by atoms with E-state index in [0.717, 1.165) is 29.0 Å². The van der Waals surface area contributed by atoms with Gasteiger partial charge in [0.2, 0.25) is 0 Å². The lowest BCUT2D eigenvalue weighted by Crippen LogP contribution is -2.26. The first-order valence-electron chi connectivity index (χ1n) is 8.38. The van der Waals surface area contributed by atoms with Crippen molar-refractivity contribution in [2.75, 3.05) is 19.8 Å². The van der Waals surface area contributed by atoms with Crippen LogP contribution in [0.4, 0.5) is 0 Å². The third-order valence-corrected chi connectivity index (χ3v) is 4.39. The summed E-state index contributed by atoms with van der Waals surface area (Å²) in [7, 11) is 0. The molecule has 0 saturated heterocycles. The van der Waals surface area contributed by atoms with Crippen molar-refractivity contribution in [3.05, 3.63) is 59.2 Å². The van der Waals surface area contributed by atoms with Crippen LogP contribution in [0.25, 0.3) is 0 Å². The molecule has 1 heterocycles. The predicted octanol–water partition coefficient (Wildman–Crippen LogP) is 3.69. The van der Waals surface area contributed by atoms with Gasteiger partial charge in [-0.2, -0.15) is 0 Å². The van der Waals surface area contributed by atoms with Crippen molar-refractivity contribution in [3.63, 3.8) is 0 Å². The number of hydrogen-bond donors (Lipinski definition) is 1. The van der Waals surface area contributed by atoms with Crippen LogP contribution in [0.5, 0.6) is 11.5 Å². The Morgan fingerprint density at radius 3 is 2.67 bits per heavy atom. The molecule has 24 heavy (non-hydrogen) atoms. The van der Waals surface area contributed by atoms with Gasteiger partial charge in [0.1, 0.15) is 13.2 Å². The molecule has 0 radical (unpaired) electrons. The topological polar surface area (TPSA) is 47.6 Å². The Bertz CT molecular complexity index is 727. The highest BCUT2D eigenvalue weighted by Crippen LogP contribution is 2.33. The molecule has 2 aromatic rings. The van der Waals surface area contributed by atoms with Crippen molar-refractivity contribution in [1.29, 1.82) is 0 Å². The third-order valence-electron chi connectivity index (χ3n) is 4.39. The molecule has 0 fully saturated rings. The summed E-state index contributed by atoms with van der Waals surface area (Å²) in [5.41, 5.74) is 2.93. The summed E-state index contributed by atoms with van der Waals surface area (Å²) in [6, 6.07) is 13.7. The fraction of sp³-hybridized carbons (Fsp3) is 0.350. The number of amides is 1. The Labute approximate surface area is 142 Å². The van der Waals surface area contributed by atoms with E-state index in [-0.39, 0.29) is 5.91 Å². The normalized spacial score (nSPS) is 14.1. The molecule has 1 unspecified atom stereocenters. The van der Waals surface area contributed by atoms with Crippen LogP contribution in [0.3, 0.4) is 0 Å². The molecule has 0 spiro atoms. The molecular weight excluding hydrogens is 302 g/mol. The second-order valence-corrected chi connectivity index (χ2v) is 6.16. The Balaban J connectivity index is 1.55. The van der Waals surface area contributed by atoms with Gasteiger partial charge in [-0.15, -0.1) is 0 Å². The van der Waals surface area contributed by atoms with Gasteiger partial charge in [0.05, 0.1) is 0 Å². The van der Waals surface area contributed by atoms with Gasteiger partial charge in [-0.05, 0) is 48.6 Å². The van der Waals surface area contributed by atoms with Crippen LogP contribution in [0.15, 0.2) is 42.5 Å². The molecule has 1 aliphatic heterocycles. The minimum absolute atomic E-state index is 0.0116. The summed E-state index contributed by atoms with van der Waals surface area (Å²) in [6.07, 6.45) is 0.872. The zero-order valence-electron chi connectivity index (χ0n) is 14.2. The van der Waals surface area contributed by atoms with E-state index in [0.29, 0.717) is 25.7 Å². The monoisotopic (exact) mass is 325 g/mol. The highest BCUT2D eigenvalue weighted by atomic mass is 16.6. The average molecular weight is 325 g/mol. The molecule has 0 saturated carbocycles. The van der Waals surface area contributed by atoms with Crippen LogP contribution in [0.1, 0.15) is 40.7 Å². The number of ether oxygens (including phenoxy) is 2. The number of fused-ring (bicyclic) bond motifs is 1. The second kappa shape index (κ2) is 7.39. The number of benzene rings is 2. The quantitative estimate of drug-likeness (QED) is 0.912. The van der Waals surface area contributed by atoms with Gasteiger partial charge in [0.15, 0.2) is 11.5 Å². The lowest BCUT2D eigenvalue weighted by molar-refractivity contribution is 0.0952. The number of carbonyl (C=O) groups is 1. The highest BCUT2D eigenvalue weighted by molar-refractivity contribution is 5.95. The first-order valence-corrected chi connectivity index (χ1v) is 8.38. The Kier molecular flexibility index (Phi) is 5.04. The predicted molar refractivity (Wildman–Crippen MR) is 94.0 cm³/mol. The van der Waals surface area contributed by atoms with Gasteiger partial charge in [-0.1, -0.05) is 31.2 Å². The lowest BCUT2D eigenvalue weighted by Gasteiger charge is -2.20. The maximum atomic E-state index is 12.2. The van der Waals surface area contributed by atoms with Crippen LogP contribution in [0.2, 0.25) is 0 Å². The van der Waals surface area contributed by atoms with Crippen molar-refractivity contribution in [2.45, 2.75) is 26.2 Å². The summed E-state index contributed by atoms with van der Waals surface area (Å²) >= 11 is 0. The van der Waals surface area contributed by atoms with Gasteiger partial charge in [0.25, 0.3) is 5.91 Å². The maximum absolute atomic E-state index is 12.2. The number of rotatable bonds is 5. The fourth-order valence-electron chi connectivity index (χ4n) is 2.86. The summed E-state index contributed by atoms with van der Waals surface area (Å²) < 4.78 is 11.2. The Morgan fingerprint density at radius 2 is 1.88 bits per heavy atom. The van der Waals surface area contributed by atoms with Crippen LogP contribution in [-0.4, -0.2) is 25.7 Å². The molecule has 126 valence electrons. The molecular formula is C20H23NO3. The van der Waals surface area contributed by atoms with Gasteiger partial charge >= 0.3 is 0 Å². The van der Waals surface area contributed by atoms with Crippen molar-refractivity contribution in [3.8, 4) is 11.5 Å². The molecule has 4 nitrogen and oxygen atoms in total. The number of aryl methyl sites for hydroxylation is 1.